The Morgan fingerprint density at radius 1 is 1.17 bits per heavy atom. The van der Waals surface area contributed by atoms with Crippen LogP contribution in [0.15, 0.2) is 24.3 Å². The lowest BCUT2D eigenvalue weighted by molar-refractivity contribution is -0.140. The molecule has 0 bridgehead atoms. The predicted molar refractivity (Wildman–Crippen MR) is 96.9 cm³/mol. The molecule has 1 N–H and O–H groups in total. The maximum absolute atomic E-state index is 12.4. The van der Waals surface area contributed by atoms with Gasteiger partial charge in [0.25, 0.3) is 0 Å². The summed E-state index contributed by atoms with van der Waals surface area (Å²) in [5.41, 5.74) is 2.48. The lowest BCUT2D eigenvalue weighted by atomic mass is 10.0. The highest BCUT2D eigenvalue weighted by Crippen LogP contribution is 2.15. The van der Waals surface area contributed by atoms with Crippen LogP contribution in [0.25, 0.3) is 0 Å². The summed E-state index contributed by atoms with van der Waals surface area (Å²) in [5, 5.41) is 3.22. The minimum Gasteiger partial charge on any atom is -0.339 e. The van der Waals surface area contributed by atoms with E-state index in [-0.39, 0.29) is 17.9 Å². The summed E-state index contributed by atoms with van der Waals surface area (Å²) in [6, 6.07) is 8.17. The molecule has 5 nitrogen and oxygen atoms in total. The molecule has 0 radical (unpaired) electrons. The number of rotatable bonds is 4. The average Bonchev–Trinajstić information content (AvgIpc) is 3.15. The third-order valence-electron chi connectivity index (χ3n) is 4.83. The quantitative estimate of drug-likeness (QED) is 0.891. The zero-order chi connectivity index (χ0) is 16.9. The summed E-state index contributed by atoms with van der Waals surface area (Å²) in [4.78, 5) is 28.6. The van der Waals surface area contributed by atoms with Crippen molar-refractivity contribution in [3.05, 3.63) is 35.4 Å². The predicted octanol–water partition coefficient (Wildman–Crippen LogP) is 1.26. The van der Waals surface area contributed by atoms with E-state index in [9.17, 15) is 9.59 Å². The number of carbonyl (C=O) groups excluding carboxylic acids is 2. The van der Waals surface area contributed by atoms with Crippen molar-refractivity contribution in [2.75, 3.05) is 37.8 Å². The lowest BCUT2D eigenvalue weighted by Crippen LogP contribution is -2.54. The highest BCUT2D eigenvalue weighted by Gasteiger charge is 2.30. The molecule has 1 unspecified atom stereocenters. The van der Waals surface area contributed by atoms with Crippen molar-refractivity contribution >= 4 is 23.6 Å². The topological polar surface area (TPSA) is 52.7 Å². The first kappa shape index (κ1) is 17.3. The highest BCUT2D eigenvalue weighted by atomic mass is 32.2. The largest absolute Gasteiger partial charge is 0.339 e. The third-order valence-corrected chi connectivity index (χ3v) is 5.77. The first-order chi connectivity index (χ1) is 11.6. The molecule has 1 atom stereocenters. The Bertz CT molecular complexity index is 594. The summed E-state index contributed by atoms with van der Waals surface area (Å²) < 4.78 is 0. The van der Waals surface area contributed by atoms with Crippen molar-refractivity contribution < 1.29 is 9.59 Å². The zero-order valence-corrected chi connectivity index (χ0v) is 15.0. The molecule has 3 rings (SSSR count). The number of benzene rings is 1. The number of hydrogen-bond acceptors (Lipinski definition) is 4. The number of piperazine rings is 1. The van der Waals surface area contributed by atoms with Crippen LogP contribution in [0, 0.1) is 6.92 Å². The van der Waals surface area contributed by atoms with Crippen LogP contribution in [-0.4, -0.2) is 65.5 Å². The Kier molecular flexibility index (Phi) is 5.79. The van der Waals surface area contributed by atoms with Crippen LogP contribution in [0.5, 0.6) is 0 Å². The van der Waals surface area contributed by atoms with E-state index >= 15 is 0 Å². The average molecular weight is 347 g/mol. The van der Waals surface area contributed by atoms with Crippen molar-refractivity contribution in [2.45, 2.75) is 25.8 Å². The van der Waals surface area contributed by atoms with Gasteiger partial charge in [0.05, 0.1) is 6.04 Å². The Balaban J connectivity index is 1.45. The second-order valence-corrected chi connectivity index (χ2v) is 7.43. The Morgan fingerprint density at radius 3 is 2.54 bits per heavy atom. The van der Waals surface area contributed by atoms with Crippen molar-refractivity contribution in [1.82, 2.24) is 15.1 Å². The number of aryl methyl sites for hydroxylation is 2. The normalized spacial score (nSPS) is 21.1. The number of amides is 2. The Labute approximate surface area is 147 Å². The summed E-state index contributed by atoms with van der Waals surface area (Å²) in [6.07, 6.45) is 1.33. The van der Waals surface area contributed by atoms with Gasteiger partial charge in [0.2, 0.25) is 11.8 Å². The van der Waals surface area contributed by atoms with Gasteiger partial charge in [-0.05, 0) is 24.5 Å². The number of hydrogen-bond donors (Lipinski definition) is 1. The SMILES string of the molecule is Cc1ccccc1CCC(=O)N1CCN(C(=O)C2CSCN2)CC1. The molecule has 2 aliphatic heterocycles. The van der Waals surface area contributed by atoms with Gasteiger partial charge in [0, 0.05) is 44.2 Å². The Hall–Kier alpha value is -1.53. The van der Waals surface area contributed by atoms with Crippen LogP contribution in [-0.2, 0) is 16.0 Å². The van der Waals surface area contributed by atoms with Gasteiger partial charge in [-0.1, -0.05) is 24.3 Å². The van der Waals surface area contributed by atoms with Gasteiger partial charge in [-0.2, -0.15) is 0 Å². The van der Waals surface area contributed by atoms with Crippen LogP contribution < -0.4 is 5.32 Å². The van der Waals surface area contributed by atoms with Gasteiger partial charge in [-0.15, -0.1) is 11.8 Å². The van der Waals surface area contributed by atoms with Gasteiger partial charge >= 0.3 is 0 Å². The van der Waals surface area contributed by atoms with Gasteiger partial charge in [-0.3, -0.25) is 14.9 Å². The van der Waals surface area contributed by atoms with E-state index < -0.39 is 0 Å². The van der Waals surface area contributed by atoms with Gasteiger partial charge in [0.1, 0.15) is 0 Å². The molecular weight excluding hydrogens is 322 g/mol. The minimum absolute atomic E-state index is 0.0432. The molecule has 0 aliphatic carbocycles. The molecule has 2 heterocycles. The zero-order valence-electron chi connectivity index (χ0n) is 14.2. The van der Waals surface area contributed by atoms with Crippen molar-refractivity contribution in [2.24, 2.45) is 0 Å². The fourth-order valence-corrected chi connectivity index (χ4v) is 4.17. The molecular formula is C18H25N3O2S. The van der Waals surface area contributed by atoms with E-state index in [0.29, 0.717) is 32.6 Å². The molecule has 0 aromatic heterocycles. The van der Waals surface area contributed by atoms with Crippen LogP contribution >= 0.6 is 11.8 Å². The summed E-state index contributed by atoms with van der Waals surface area (Å²) in [6.45, 7) is 4.69. The second kappa shape index (κ2) is 8.03. The molecule has 2 saturated heterocycles. The number of nitrogens with zero attached hydrogens (tertiary/aromatic N) is 2. The Morgan fingerprint density at radius 2 is 1.88 bits per heavy atom. The molecule has 130 valence electrons. The second-order valence-electron chi connectivity index (χ2n) is 6.40. The van der Waals surface area contributed by atoms with Gasteiger partial charge in [0.15, 0.2) is 0 Å². The molecule has 1 aromatic rings. The van der Waals surface area contributed by atoms with E-state index in [2.05, 4.69) is 24.4 Å². The van der Waals surface area contributed by atoms with Gasteiger partial charge < -0.3 is 9.80 Å². The van der Waals surface area contributed by atoms with E-state index in [1.165, 1.54) is 11.1 Å². The van der Waals surface area contributed by atoms with E-state index in [0.717, 1.165) is 18.1 Å². The van der Waals surface area contributed by atoms with E-state index in [4.69, 9.17) is 0 Å². The van der Waals surface area contributed by atoms with Crippen LogP contribution in [0.2, 0.25) is 0 Å². The van der Waals surface area contributed by atoms with Crippen molar-refractivity contribution in [3.63, 3.8) is 0 Å². The summed E-state index contributed by atoms with van der Waals surface area (Å²) in [5.74, 6) is 2.09. The monoisotopic (exact) mass is 347 g/mol. The molecule has 2 fully saturated rings. The summed E-state index contributed by atoms with van der Waals surface area (Å²) in [7, 11) is 0. The van der Waals surface area contributed by atoms with Crippen molar-refractivity contribution in [3.8, 4) is 0 Å². The lowest BCUT2D eigenvalue weighted by Gasteiger charge is -2.36. The fourth-order valence-electron chi connectivity index (χ4n) is 3.24. The minimum atomic E-state index is -0.0432. The summed E-state index contributed by atoms with van der Waals surface area (Å²) >= 11 is 1.76. The molecule has 6 heteroatoms. The smallest absolute Gasteiger partial charge is 0.240 e. The molecule has 24 heavy (non-hydrogen) atoms. The molecule has 1 aromatic carbocycles. The highest BCUT2D eigenvalue weighted by molar-refractivity contribution is 7.99. The third kappa shape index (κ3) is 4.11. The van der Waals surface area contributed by atoms with Gasteiger partial charge in [-0.25, -0.2) is 0 Å². The molecule has 0 saturated carbocycles. The van der Waals surface area contributed by atoms with Crippen LogP contribution in [0.3, 0.4) is 0 Å². The number of nitrogens with one attached hydrogen (secondary N) is 1. The fraction of sp³-hybridized carbons (Fsp3) is 0.556. The number of thioether (sulfide) groups is 1. The van der Waals surface area contributed by atoms with Crippen LogP contribution in [0.4, 0.5) is 0 Å². The number of carbonyl (C=O) groups is 2. The first-order valence-electron chi connectivity index (χ1n) is 8.57. The molecule has 2 aliphatic rings. The first-order valence-corrected chi connectivity index (χ1v) is 9.73. The maximum atomic E-state index is 12.4. The molecule has 0 spiro atoms. The van der Waals surface area contributed by atoms with Crippen LogP contribution in [0.1, 0.15) is 17.5 Å². The maximum Gasteiger partial charge on any atom is 0.240 e. The van der Waals surface area contributed by atoms with E-state index in [1.807, 2.05) is 21.9 Å². The molecule has 2 amide bonds. The van der Waals surface area contributed by atoms with E-state index in [1.54, 1.807) is 11.8 Å². The standard InChI is InChI=1S/C18H25N3O2S/c1-14-4-2-3-5-15(14)6-7-17(22)20-8-10-21(11-9-20)18(23)16-12-24-13-19-16/h2-5,16,19H,6-13H2,1H3. The van der Waals surface area contributed by atoms with Crippen molar-refractivity contribution in [1.29, 1.82) is 0 Å².